The van der Waals surface area contributed by atoms with Crippen LogP contribution in [-0.4, -0.2) is 15.0 Å². The monoisotopic (exact) mass is 253 g/mol. The minimum Gasteiger partial charge on any atom is -0.265 e. The van der Waals surface area contributed by atoms with Crippen LogP contribution in [0.3, 0.4) is 0 Å². The van der Waals surface area contributed by atoms with E-state index in [2.05, 4.69) is 33.3 Å². The number of hydrogen-bond acceptors (Lipinski definition) is 4. The fraction of sp³-hybridized carbons (Fsp3) is 0.0714. The van der Waals surface area contributed by atoms with E-state index >= 15 is 0 Å². The van der Waals surface area contributed by atoms with Crippen molar-refractivity contribution in [3.8, 4) is 22.0 Å². The molecule has 0 saturated carbocycles. The zero-order valence-electron chi connectivity index (χ0n) is 9.87. The molecule has 0 aromatic carbocycles. The van der Waals surface area contributed by atoms with E-state index in [0.717, 1.165) is 27.5 Å². The molecular weight excluding hydrogens is 242 g/mol. The first kappa shape index (κ1) is 11.0. The Morgan fingerprint density at radius 2 is 1.89 bits per heavy atom. The number of hydrogen-bond donors (Lipinski definition) is 0. The Hall–Kier alpha value is -2.07. The third-order valence-corrected chi connectivity index (χ3v) is 3.54. The summed E-state index contributed by atoms with van der Waals surface area (Å²) in [7, 11) is 0. The van der Waals surface area contributed by atoms with Crippen molar-refractivity contribution < 1.29 is 0 Å². The molecule has 0 aliphatic rings. The molecule has 0 atom stereocenters. The van der Waals surface area contributed by atoms with Gasteiger partial charge in [0.2, 0.25) is 0 Å². The smallest absolute Gasteiger partial charge is 0.142 e. The average Bonchev–Trinajstić information content (AvgIpc) is 2.90. The van der Waals surface area contributed by atoms with Crippen LogP contribution in [0, 0.1) is 6.92 Å². The van der Waals surface area contributed by atoms with E-state index in [0.29, 0.717) is 0 Å². The summed E-state index contributed by atoms with van der Waals surface area (Å²) in [5, 5.41) is 3.01. The average molecular weight is 253 g/mol. The van der Waals surface area contributed by atoms with Gasteiger partial charge in [-0.15, -0.1) is 11.3 Å². The summed E-state index contributed by atoms with van der Waals surface area (Å²) in [4.78, 5) is 13.0. The number of nitrogens with zero attached hydrogens (tertiary/aromatic N) is 3. The Labute approximate surface area is 109 Å². The summed E-state index contributed by atoms with van der Waals surface area (Å²) < 4.78 is 0. The Morgan fingerprint density at radius 3 is 2.67 bits per heavy atom. The molecule has 0 amide bonds. The van der Waals surface area contributed by atoms with Crippen LogP contribution in [-0.2, 0) is 0 Å². The van der Waals surface area contributed by atoms with Crippen LogP contribution in [0.25, 0.3) is 22.0 Å². The predicted octanol–water partition coefficient (Wildman–Crippen LogP) is 3.58. The Kier molecular flexibility index (Phi) is 2.86. The minimum absolute atomic E-state index is 0.958. The van der Waals surface area contributed by atoms with Crippen LogP contribution in [0.5, 0.6) is 0 Å². The summed E-state index contributed by atoms with van der Waals surface area (Å²) in [5.74, 6) is 0. The highest BCUT2D eigenvalue weighted by Crippen LogP contribution is 2.28. The zero-order valence-corrected chi connectivity index (χ0v) is 10.7. The van der Waals surface area contributed by atoms with E-state index < -0.39 is 0 Å². The van der Waals surface area contributed by atoms with Gasteiger partial charge in [-0.05, 0) is 30.7 Å². The lowest BCUT2D eigenvalue weighted by atomic mass is 10.2. The third-order valence-electron chi connectivity index (χ3n) is 2.69. The maximum absolute atomic E-state index is 4.64. The molecular formula is C14H11N3S. The van der Waals surface area contributed by atoms with Crippen molar-refractivity contribution in [2.75, 3.05) is 0 Å². The topological polar surface area (TPSA) is 38.7 Å². The van der Waals surface area contributed by atoms with Gasteiger partial charge in [-0.3, -0.25) is 9.97 Å². The first-order chi connectivity index (χ1) is 8.84. The van der Waals surface area contributed by atoms with Crippen molar-refractivity contribution in [1.29, 1.82) is 0 Å². The van der Waals surface area contributed by atoms with Crippen molar-refractivity contribution in [3.63, 3.8) is 0 Å². The molecule has 0 radical (unpaired) electrons. The first-order valence-corrected chi connectivity index (χ1v) is 6.50. The summed E-state index contributed by atoms with van der Waals surface area (Å²) in [6.45, 7) is 2.05. The molecule has 0 spiro atoms. The van der Waals surface area contributed by atoms with Gasteiger partial charge in [-0.1, -0.05) is 6.07 Å². The van der Waals surface area contributed by atoms with Gasteiger partial charge < -0.3 is 0 Å². The van der Waals surface area contributed by atoms with Gasteiger partial charge in [0.15, 0.2) is 0 Å². The van der Waals surface area contributed by atoms with Gasteiger partial charge in [0.1, 0.15) is 10.7 Å². The summed E-state index contributed by atoms with van der Waals surface area (Å²) >= 11 is 1.62. The van der Waals surface area contributed by atoms with E-state index in [-0.39, 0.29) is 0 Å². The zero-order chi connectivity index (χ0) is 12.4. The second kappa shape index (κ2) is 4.66. The van der Waals surface area contributed by atoms with Gasteiger partial charge in [0.25, 0.3) is 0 Å². The Bertz CT molecular complexity index is 662. The maximum atomic E-state index is 4.64. The Morgan fingerprint density at radius 1 is 1.06 bits per heavy atom. The molecule has 4 heteroatoms. The van der Waals surface area contributed by atoms with Crippen LogP contribution >= 0.6 is 11.3 Å². The van der Waals surface area contributed by atoms with Crippen LogP contribution in [0.4, 0.5) is 0 Å². The molecule has 0 aliphatic carbocycles. The molecule has 18 heavy (non-hydrogen) atoms. The molecule has 0 unspecified atom stereocenters. The predicted molar refractivity (Wildman–Crippen MR) is 73.3 cm³/mol. The second-order valence-corrected chi connectivity index (χ2v) is 4.80. The number of aromatic nitrogens is 3. The highest BCUT2D eigenvalue weighted by molar-refractivity contribution is 7.13. The van der Waals surface area contributed by atoms with Gasteiger partial charge in [0.05, 0.1) is 5.69 Å². The first-order valence-electron chi connectivity index (χ1n) is 5.62. The quantitative estimate of drug-likeness (QED) is 0.700. The van der Waals surface area contributed by atoms with Crippen molar-refractivity contribution >= 4 is 11.3 Å². The van der Waals surface area contributed by atoms with Crippen LogP contribution in [0.2, 0.25) is 0 Å². The molecule has 3 aromatic heterocycles. The molecule has 3 rings (SSSR count). The van der Waals surface area contributed by atoms with E-state index in [1.165, 1.54) is 0 Å². The van der Waals surface area contributed by atoms with Crippen LogP contribution < -0.4 is 0 Å². The number of thiazole rings is 1. The van der Waals surface area contributed by atoms with Gasteiger partial charge >= 0.3 is 0 Å². The molecule has 0 fully saturated rings. The molecule has 0 aliphatic heterocycles. The highest BCUT2D eigenvalue weighted by atomic mass is 32.1. The van der Waals surface area contributed by atoms with Crippen molar-refractivity contribution in [2.45, 2.75) is 6.92 Å². The third kappa shape index (κ3) is 2.02. The van der Waals surface area contributed by atoms with E-state index in [9.17, 15) is 0 Å². The van der Waals surface area contributed by atoms with E-state index in [1.54, 1.807) is 29.9 Å². The van der Waals surface area contributed by atoms with Gasteiger partial charge in [-0.25, -0.2) is 4.98 Å². The van der Waals surface area contributed by atoms with Crippen molar-refractivity contribution in [1.82, 2.24) is 15.0 Å². The van der Waals surface area contributed by atoms with Crippen LogP contribution in [0.15, 0.2) is 48.2 Å². The number of aryl methyl sites for hydroxylation is 1. The van der Waals surface area contributed by atoms with E-state index in [1.807, 2.05) is 18.2 Å². The highest BCUT2D eigenvalue weighted by Gasteiger charge is 2.09. The number of rotatable bonds is 2. The molecule has 0 N–H and O–H groups in total. The second-order valence-electron chi connectivity index (χ2n) is 3.94. The van der Waals surface area contributed by atoms with Crippen LogP contribution in [0.1, 0.15) is 5.56 Å². The lowest BCUT2D eigenvalue weighted by Crippen LogP contribution is -1.86. The standard InChI is InChI=1S/C14H11N3S/c1-10-3-2-6-16-13(10)14-17-12(9-18-14)11-4-7-15-8-5-11/h2-9H,1H3. The largest absolute Gasteiger partial charge is 0.265 e. The number of pyridine rings is 2. The summed E-state index contributed by atoms with van der Waals surface area (Å²) in [5.41, 5.74) is 4.17. The molecule has 0 saturated heterocycles. The summed E-state index contributed by atoms with van der Waals surface area (Å²) in [6, 6.07) is 7.92. The molecule has 3 nitrogen and oxygen atoms in total. The van der Waals surface area contributed by atoms with Gasteiger partial charge in [0, 0.05) is 29.5 Å². The fourth-order valence-corrected chi connectivity index (χ4v) is 2.64. The normalized spacial score (nSPS) is 10.5. The summed E-state index contributed by atoms with van der Waals surface area (Å²) in [6.07, 6.45) is 5.36. The lowest BCUT2D eigenvalue weighted by Gasteiger charge is -1.99. The molecule has 3 aromatic rings. The minimum atomic E-state index is 0.958. The SMILES string of the molecule is Cc1cccnc1-c1nc(-c2ccncc2)cs1. The molecule has 3 heterocycles. The maximum Gasteiger partial charge on any atom is 0.142 e. The van der Waals surface area contributed by atoms with Crippen molar-refractivity contribution in [2.24, 2.45) is 0 Å². The van der Waals surface area contributed by atoms with Crippen molar-refractivity contribution in [3.05, 3.63) is 53.8 Å². The molecule has 0 bridgehead atoms. The Balaban J connectivity index is 2.03. The van der Waals surface area contributed by atoms with E-state index in [4.69, 9.17) is 0 Å². The van der Waals surface area contributed by atoms with Gasteiger partial charge in [-0.2, -0.15) is 0 Å². The molecule has 88 valence electrons. The lowest BCUT2D eigenvalue weighted by molar-refractivity contribution is 1.24. The fourth-order valence-electron chi connectivity index (χ4n) is 1.75.